The molecule has 2 aromatic carbocycles. The Bertz CT molecular complexity index is 1050. The van der Waals surface area contributed by atoms with Crippen LogP contribution >= 0.6 is 0 Å². The van der Waals surface area contributed by atoms with Crippen molar-refractivity contribution in [2.45, 2.75) is 25.8 Å². The molecule has 0 bridgehead atoms. The van der Waals surface area contributed by atoms with Gasteiger partial charge in [0, 0.05) is 24.6 Å². The number of nitrogens with one attached hydrogen (secondary N) is 1. The molecule has 0 aliphatic carbocycles. The number of carbonyl (C=O) groups is 1. The predicted octanol–water partition coefficient (Wildman–Crippen LogP) is 4.39. The minimum atomic E-state index is -0.275. The molecular formula is C25H27FN4O2. The van der Waals surface area contributed by atoms with E-state index in [1.54, 1.807) is 19.2 Å². The number of piperidine rings is 1. The number of methoxy groups -OCH3 is 1. The summed E-state index contributed by atoms with van der Waals surface area (Å²) >= 11 is 0. The third-order valence-electron chi connectivity index (χ3n) is 5.93. The highest BCUT2D eigenvalue weighted by atomic mass is 19.1. The van der Waals surface area contributed by atoms with Crippen molar-refractivity contribution in [3.05, 3.63) is 72.0 Å². The first-order valence-corrected chi connectivity index (χ1v) is 10.8. The van der Waals surface area contributed by atoms with Gasteiger partial charge in [0.15, 0.2) is 5.82 Å². The molecule has 3 aromatic rings. The average Bonchev–Trinajstić information content (AvgIpc) is 2.84. The lowest BCUT2D eigenvalue weighted by Gasteiger charge is -2.32. The first-order valence-electron chi connectivity index (χ1n) is 10.8. The smallest absolute Gasteiger partial charge is 0.223 e. The molecule has 4 rings (SSSR count). The fourth-order valence-corrected chi connectivity index (χ4v) is 3.96. The minimum absolute atomic E-state index is 0.0224. The highest BCUT2D eigenvalue weighted by Crippen LogP contribution is 2.25. The van der Waals surface area contributed by atoms with Gasteiger partial charge in [0.1, 0.15) is 11.6 Å². The van der Waals surface area contributed by atoms with E-state index in [0.29, 0.717) is 5.69 Å². The van der Waals surface area contributed by atoms with Crippen molar-refractivity contribution in [1.82, 2.24) is 15.5 Å². The lowest BCUT2D eigenvalue weighted by molar-refractivity contribution is -0.126. The van der Waals surface area contributed by atoms with E-state index >= 15 is 0 Å². The molecule has 0 radical (unpaired) electrons. The largest absolute Gasteiger partial charge is 0.497 e. The third kappa shape index (κ3) is 5.04. The Morgan fingerprint density at radius 2 is 1.84 bits per heavy atom. The summed E-state index contributed by atoms with van der Waals surface area (Å²) in [7, 11) is 1.64. The first kappa shape index (κ1) is 21.7. The van der Waals surface area contributed by atoms with Crippen molar-refractivity contribution in [3.63, 3.8) is 0 Å². The topological polar surface area (TPSA) is 67.3 Å². The standard InChI is InChI=1S/C25H27FN4O2/c1-17(20-4-3-5-22(16-20)32-2)27-25(31)19-12-14-30(15-13-19)24-11-10-23(28-29-24)18-6-8-21(26)9-7-18/h3-11,16-17,19H,12-15H2,1-2H3,(H,27,31)/t17-/m0/s1. The number of benzene rings is 2. The third-order valence-corrected chi connectivity index (χ3v) is 5.93. The summed E-state index contributed by atoms with van der Waals surface area (Å²) in [5, 5.41) is 11.8. The van der Waals surface area contributed by atoms with Crippen LogP contribution in [0.25, 0.3) is 11.3 Å². The van der Waals surface area contributed by atoms with Crippen LogP contribution < -0.4 is 15.0 Å². The van der Waals surface area contributed by atoms with Crippen molar-refractivity contribution in [2.24, 2.45) is 5.92 Å². The number of halogens is 1. The Hall–Kier alpha value is -3.48. The van der Waals surface area contributed by atoms with Crippen LogP contribution in [0.3, 0.4) is 0 Å². The highest BCUT2D eigenvalue weighted by molar-refractivity contribution is 5.79. The predicted molar refractivity (Wildman–Crippen MR) is 122 cm³/mol. The maximum atomic E-state index is 13.1. The Labute approximate surface area is 187 Å². The number of amides is 1. The van der Waals surface area contributed by atoms with Crippen molar-refractivity contribution >= 4 is 11.7 Å². The van der Waals surface area contributed by atoms with Crippen LogP contribution in [0.2, 0.25) is 0 Å². The lowest BCUT2D eigenvalue weighted by atomic mass is 9.95. The Balaban J connectivity index is 1.31. The van der Waals surface area contributed by atoms with Crippen LogP contribution in [0.4, 0.5) is 10.2 Å². The molecule has 0 spiro atoms. The van der Waals surface area contributed by atoms with Gasteiger partial charge in [0.25, 0.3) is 0 Å². The number of aromatic nitrogens is 2. The van der Waals surface area contributed by atoms with Gasteiger partial charge in [-0.1, -0.05) is 12.1 Å². The summed E-state index contributed by atoms with van der Waals surface area (Å²) in [6.07, 6.45) is 1.52. The minimum Gasteiger partial charge on any atom is -0.497 e. The van der Waals surface area contributed by atoms with Gasteiger partial charge < -0.3 is 15.0 Å². The average molecular weight is 435 g/mol. The van der Waals surface area contributed by atoms with Gasteiger partial charge in [0.05, 0.1) is 18.8 Å². The van der Waals surface area contributed by atoms with E-state index in [0.717, 1.165) is 48.6 Å². The van der Waals surface area contributed by atoms with Crippen molar-refractivity contribution < 1.29 is 13.9 Å². The Morgan fingerprint density at radius 3 is 2.50 bits per heavy atom. The second-order valence-electron chi connectivity index (χ2n) is 8.05. The molecule has 1 saturated heterocycles. The molecular weight excluding hydrogens is 407 g/mol. The molecule has 1 aliphatic rings. The fraction of sp³-hybridized carbons (Fsp3) is 0.320. The second-order valence-corrected chi connectivity index (χ2v) is 8.05. The summed E-state index contributed by atoms with van der Waals surface area (Å²) in [6, 6.07) is 17.7. The van der Waals surface area contributed by atoms with Gasteiger partial charge in [-0.3, -0.25) is 4.79 Å². The lowest BCUT2D eigenvalue weighted by Crippen LogP contribution is -2.41. The Morgan fingerprint density at radius 1 is 1.09 bits per heavy atom. The number of hydrogen-bond acceptors (Lipinski definition) is 5. The number of ether oxygens (including phenoxy) is 1. The molecule has 166 valence electrons. The molecule has 0 unspecified atom stereocenters. The van der Waals surface area contributed by atoms with Gasteiger partial charge >= 0.3 is 0 Å². The van der Waals surface area contributed by atoms with Crippen LogP contribution in [-0.4, -0.2) is 36.3 Å². The monoisotopic (exact) mass is 434 g/mol. The summed E-state index contributed by atoms with van der Waals surface area (Å²) in [4.78, 5) is 14.9. The summed E-state index contributed by atoms with van der Waals surface area (Å²) in [5.41, 5.74) is 2.55. The van der Waals surface area contributed by atoms with Crippen molar-refractivity contribution in [3.8, 4) is 17.0 Å². The maximum absolute atomic E-state index is 13.1. The van der Waals surface area contributed by atoms with Crippen LogP contribution in [0.15, 0.2) is 60.7 Å². The van der Waals surface area contributed by atoms with E-state index < -0.39 is 0 Å². The van der Waals surface area contributed by atoms with E-state index in [-0.39, 0.29) is 23.7 Å². The second kappa shape index (κ2) is 9.77. The molecule has 1 atom stereocenters. The summed E-state index contributed by atoms with van der Waals surface area (Å²) < 4.78 is 18.4. The SMILES string of the molecule is COc1cccc([C@H](C)NC(=O)C2CCN(c3ccc(-c4ccc(F)cc4)nn3)CC2)c1. The van der Waals surface area contributed by atoms with Gasteiger partial charge in [-0.15, -0.1) is 10.2 Å². The van der Waals surface area contributed by atoms with E-state index in [9.17, 15) is 9.18 Å². The van der Waals surface area contributed by atoms with E-state index in [2.05, 4.69) is 20.4 Å². The molecule has 0 saturated carbocycles. The quantitative estimate of drug-likeness (QED) is 0.623. The molecule has 1 amide bonds. The van der Waals surface area contributed by atoms with Gasteiger partial charge in [-0.05, 0) is 73.9 Å². The molecule has 1 N–H and O–H groups in total. The van der Waals surface area contributed by atoms with E-state index in [4.69, 9.17) is 4.74 Å². The molecule has 7 heteroatoms. The van der Waals surface area contributed by atoms with Gasteiger partial charge in [0.2, 0.25) is 5.91 Å². The molecule has 6 nitrogen and oxygen atoms in total. The molecule has 32 heavy (non-hydrogen) atoms. The van der Waals surface area contributed by atoms with Gasteiger partial charge in [-0.25, -0.2) is 4.39 Å². The molecule has 1 aliphatic heterocycles. The number of rotatable bonds is 6. The van der Waals surface area contributed by atoms with E-state index in [1.807, 2.05) is 43.3 Å². The normalized spacial score (nSPS) is 15.3. The summed E-state index contributed by atoms with van der Waals surface area (Å²) in [6.45, 7) is 3.48. The number of anilines is 1. The van der Waals surface area contributed by atoms with Crippen LogP contribution in [0.1, 0.15) is 31.4 Å². The van der Waals surface area contributed by atoms with Crippen LogP contribution in [0, 0.1) is 11.7 Å². The molecule has 1 aromatic heterocycles. The zero-order valence-corrected chi connectivity index (χ0v) is 18.3. The maximum Gasteiger partial charge on any atom is 0.223 e. The number of nitrogens with zero attached hydrogens (tertiary/aromatic N) is 3. The summed E-state index contributed by atoms with van der Waals surface area (Å²) in [5.74, 6) is 1.36. The highest BCUT2D eigenvalue weighted by Gasteiger charge is 2.26. The zero-order valence-electron chi connectivity index (χ0n) is 18.3. The Kier molecular flexibility index (Phi) is 6.63. The fourth-order valence-electron chi connectivity index (χ4n) is 3.96. The first-order chi connectivity index (χ1) is 15.5. The molecule has 2 heterocycles. The molecule has 1 fully saturated rings. The van der Waals surface area contributed by atoms with Crippen molar-refractivity contribution in [1.29, 1.82) is 0 Å². The van der Waals surface area contributed by atoms with Gasteiger partial charge in [-0.2, -0.15) is 0 Å². The van der Waals surface area contributed by atoms with Crippen LogP contribution in [0.5, 0.6) is 5.75 Å². The van der Waals surface area contributed by atoms with E-state index in [1.165, 1.54) is 12.1 Å². The number of carbonyl (C=O) groups excluding carboxylic acids is 1. The number of hydrogen-bond donors (Lipinski definition) is 1. The van der Waals surface area contributed by atoms with Crippen molar-refractivity contribution in [2.75, 3.05) is 25.1 Å². The van der Waals surface area contributed by atoms with Crippen LogP contribution in [-0.2, 0) is 4.79 Å². The zero-order chi connectivity index (χ0) is 22.5.